The molecule has 1 amide bonds. The average Bonchev–Trinajstić information content (AvgIpc) is 2.85. The van der Waals surface area contributed by atoms with Crippen LogP contribution in [0.5, 0.6) is 0 Å². The SMILES string of the molecule is CC(C)(C(=O)NOCc1cc(Br)no1)c1ccccc1. The Hall–Kier alpha value is -1.66. The van der Waals surface area contributed by atoms with Gasteiger partial charge >= 0.3 is 0 Å². The summed E-state index contributed by atoms with van der Waals surface area (Å²) < 4.78 is 5.53. The molecule has 0 spiro atoms. The van der Waals surface area contributed by atoms with E-state index in [9.17, 15) is 4.79 Å². The van der Waals surface area contributed by atoms with E-state index in [1.807, 2.05) is 44.2 Å². The fourth-order valence-electron chi connectivity index (χ4n) is 1.64. The second kappa shape index (κ2) is 6.19. The predicted molar refractivity (Wildman–Crippen MR) is 76.6 cm³/mol. The molecule has 5 nitrogen and oxygen atoms in total. The molecule has 6 heteroatoms. The molecule has 2 aromatic rings. The summed E-state index contributed by atoms with van der Waals surface area (Å²) in [4.78, 5) is 17.3. The molecule has 0 fully saturated rings. The third-order valence-electron chi connectivity index (χ3n) is 2.97. The maximum atomic E-state index is 12.2. The van der Waals surface area contributed by atoms with Gasteiger partial charge in [-0.05, 0) is 35.3 Å². The van der Waals surface area contributed by atoms with Gasteiger partial charge in [0.15, 0.2) is 5.76 Å². The van der Waals surface area contributed by atoms with Crippen molar-refractivity contribution in [2.45, 2.75) is 25.9 Å². The van der Waals surface area contributed by atoms with E-state index in [1.165, 1.54) is 0 Å². The number of nitrogens with zero attached hydrogens (tertiary/aromatic N) is 1. The highest BCUT2D eigenvalue weighted by atomic mass is 79.9. The Balaban J connectivity index is 1.91. The van der Waals surface area contributed by atoms with Gasteiger partial charge in [-0.3, -0.25) is 9.63 Å². The van der Waals surface area contributed by atoms with Crippen molar-refractivity contribution in [2.75, 3.05) is 0 Å². The van der Waals surface area contributed by atoms with Crippen LogP contribution >= 0.6 is 15.9 Å². The maximum Gasteiger partial charge on any atom is 0.253 e. The van der Waals surface area contributed by atoms with Gasteiger partial charge in [-0.25, -0.2) is 5.48 Å². The van der Waals surface area contributed by atoms with Gasteiger partial charge in [-0.2, -0.15) is 0 Å². The van der Waals surface area contributed by atoms with Gasteiger partial charge < -0.3 is 4.52 Å². The first-order chi connectivity index (χ1) is 9.50. The van der Waals surface area contributed by atoms with Crippen molar-refractivity contribution in [3.05, 3.63) is 52.3 Å². The number of carbonyl (C=O) groups excluding carboxylic acids is 1. The summed E-state index contributed by atoms with van der Waals surface area (Å²) in [6.07, 6.45) is 0. The number of hydrogen-bond donors (Lipinski definition) is 1. The molecule has 0 aliphatic rings. The third kappa shape index (κ3) is 3.46. The first-order valence-electron chi connectivity index (χ1n) is 6.09. The molecule has 20 heavy (non-hydrogen) atoms. The fourth-order valence-corrected chi connectivity index (χ4v) is 1.97. The molecule has 1 heterocycles. The molecule has 0 atom stereocenters. The maximum absolute atomic E-state index is 12.2. The fraction of sp³-hybridized carbons (Fsp3) is 0.286. The van der Waals surface area contributed by atoms with E-state index in [0.29, 0.717) is 10.4 Å². The highest BCUT2D eigenvalue weighted by molar-refractivity contribution is 9.10. The van der Waals surface area contributed by atoms with Gasteiger partial charge in [0.25, 0.3) is 5.91 Å². The molecule has 1 aromatic carbocycles. The van der Waals surface area contributed by atoms with Crippen LogP contribution in [0.25, 0.3) is 0 Å². The first-order valence-corrected chi connectivity index (χ1v) is 6.88. The summed E-state index contributed by atoms with van der Waals surface area (Å²) in [5, 5.41) is 3.66. The van der Waals surface area contributed by atoms with Crippen LogP contribution in [0.3, 0.4) is 0 Å². The molecule has 0 aliphatic carbocycles. The smallest absolute Gasteiger partial charge is 0.253 e. The Labute approximate surface area is 125 Å². The number of hydrogen-bond acceptors (Lipinski definition) is 4. The predicted octanol–water partition coefficient (Wildman–Crippen LogP) is 2.96. The monoisotopic (exact) mass is 338 g/mol. The van der Waals surface area contributed by atoms with E-state index in [0.717, 1.165) is 5.56 Å². The van der Waals surface area contributed by atoms with Crippen LogP contribution in [0.1, 0.15) is 25.2 Å². The van der Waals surface area contributed by atoms with Crippen LogP contribution in [0.4, 0.5) is 0 Å². The summed E-state index contributed by atoms with van der Waals surface area (Å²) in [5.41, 5.74) is 2.68. The standard InChI is InChI=1S/C14H15BrN2O3/c1-14(2,10-6-4-3-5-7-10)13(18)17-19-9-11-8-12(15)16-20-11/h3-8H,9H2,1-2H3,(H,17,18). The molecule has 106 valence electrons. The van der Waals surface area contributed by atoms with Gasteiger partial charge in [-0.1, -0.05) is 35.5 Å². The molecule has 0 saturated heterocycles. The minimum absolute atomic E-state index is 0.120. The summed E-state index contributed by atoms with van der Waals surface area (Å²) in [6.45, 7) is 3.80. The lowest BCUT2D eigenvalue weighted by Gasteiger charge is -2.23. The van der Waals surface area contributed by atoms with Crippen molar-refractivity contribution >= 4 is 21.8 Å². The average molecular weight is 339 g/mol. The van der Waals surface area contributed by atoms with Gasteiger partial charge in [0.05, 0.1) is 5.41 Å². The van der Waals surface area contributed by atoms with Crippen molar-refractivity contribution in [1.29, 1.82) is 0 Å². The van der Waals surface area contributed by atoms with E-state index >= 15 is 0 Å². The van der Waals surface area contributed by atoms with E-state index in [-0.39, 0.29) is 12.5 Å². The van der Waals surface area contributed by atoms with Crippen molar-refractivity contribution in [1.82, 2.24) is 10.6 Å². The minimum Gasteiger partial charge on any atom is -0.358 e. The summed E-state index contributed by atoms with van der Waals surface area (Å²) >= 11 is 3.17. The Morgan fingerprint density at radius 1 is 1.40 bits per heavy atom. The van der Waals surface area contributed by atoms with Crippen molar-refractivity contribution in [2.24, 2.45) is 0 Å². The number of benzene rings is 1. The van der Waals surface area contributed by atoms with Crippen molar-refractivity contribution in [3.63, 3.8) is 0 Å². The molecule has 0 saturated carbocycles. The van der Waals surface area contributed by atoms with Crippen LogP contribution in [-0.4, -0.2) is 11.1 Å². The van der Waals surface area contributed by atoms with Crippen LogP contribution in [0.2, 0.25) is 0 Å². The number of aromatic nitrogens is 1. The summed E-state index contributed by atoms with van der Waals surface area (Å²) in [5.74, 6) is 0.303. The first kappa shape index (κ1) is 14.7. The number of nitrogens with one attached hydrogen (secondary N) is 1. The Morgan fingerprint density at radius 3 is 2.70 bits per heavy atom. The molecule has 0 aliphatic heterocycles. The Kier molecular flexibility index (Phi) is 4.57. The molecule has 1 N–H and O–H groups in total. The molecular formula is C14H15BrN2O3. The number of halogens is 1. The largest absolute Gasteiger partial charge is 0.358 e. The minimum atomic E-state index is -0.677. The van der Waals surface area contributed by atoms with Gasteiger partial charge in [0.1, 0.15) is 11.2 Å². The Bertz CT molecular complexity index is 581. The van der Waals surface area contributed by atoms with Gasteiger partial charge in [-0.15, -0.1) is 0 Å². The lowest BCUT2D eigenvalue weighted by Crippen LogP contribution is -2.39. The van der Waals surface area contributed by atoms with E-state index in [2.05, 4.69) is 26.6 Å². The highest BCUT2D eigenvalue weighted by Crippen LogP contribution is 2.23. The quantitative estimate of drug-likeness (QED) is 0.851. The van der Waals surface area contributed by atoms with E-state index in [1.54, 1.807) is 6.07 Å². The zero-order chi connectivity index (χ0) is 14.6. The van der Waals surface area contributed by atoms with Crippen LogP contribution in [0.15, 0.2) is 45.5 Å². The Morgan fingerprint density at radius 2 is 2.10 bits per heavy atom. The molecule has 2 rings (SSSR count). The van der Waals surface area contributed by atoms with Crippen LogP contribution in [0, 0.1) is 0 Å². The van der Waals surface area contributed by atoms with E-state index < -0.39 is 5.41 Å². The van der Waals surface area contributed by atoms with Gasteiger partial charge in [0.2, 0.25) is 0 Å². The second-order valence-electron chi connectivity index (χ2n) is 4.83. The third-order valence-corrected chi connectivity index (χ3v) is 3.35. The van der Waals surface area contributed by atoms with E-state index in [4.69, 9.17) is 9.36 Å². The lowest BCUT2D eigenvalue weighted by molar-refractivity contribution is -0.140. The number of hydroxylamine groups is 1. The lowest BCUT2D eigenvalue weighted by atomic mass is 9.84. The van der Waals surface area contributed by atoms with Crippen molar-refractivity contribution < 1.29 is 14.2 Å². The van der Waals surface area contributed by atoms with Crippen LogP contribution in [-0.2, 0) is 21.7 Å². The number of amides is 1. The zero-order valence-corrected chi connectivity index (χ0v) is 12.8. The molecule has 1 aromatic heterocycles. The summed E-state index contributed by atoms with van der Waals surface area (Å²) in [7, 11) is 0. The highest BCUT2D eigenvalue weighted by Gasteiger charge is 2.29. The molecular weight excluding hydrogens is 324 g/mol. The van der Waals surface area contributed by atoms with Crippen molar-refractivity contribution in [3.8, 4) is 0 Å². The number of rotatable bonds is 5. The normalized spacial score (nSPS) is 11.3. The molecule has 0 radical (unpaired) electrons. The topological polar surface area (TPSA) is 64.4 Å². The summed E-state index contributed by atoms with van der Waals surface area (Å²) in [6, 6.07) is 11.2. The van der Waals surface area contributed by atoms with Crippen LogP contribution < -0.4 is 5.48 Å². The van der Waals surface area contributed by atoms with Gasteiger partial charge in [0, 0.05) is 6.07 Å². The second-order valence-corrected chi connectivity index (χ2v) is 5.64. The molecule has 0 bridgehead atoms. The number of carbonyl (C=O) groups is 1. The molecule has 0 unspecified atom stereocenters. The zero-order valence-electron chi connectivity index (χ0n) is 11.2.